The quantitative estimate of drug-likeness (QED) is 0.738. The highest BCUT2D eigenvalue weighted by molar-refractivity contribution is 5.92. The molecule has 2 N–H and O–H groups in total. The smallest absolute Gasteiger partial charge is 0.273 e. The summed E-state index contributed by atoms with van der Waals surface area (Å²) in [6.07, 6.45) is 3.20. The van der Waals surface area contributed by atoms with Crippen molar-refractivity contribution in [2.45, 2.75) is 31.8 Å². The maximum absolute atomic E-state index is 12.1. The molecular weight excluding hydrogens is 272 g/mol. The topological polar surface area (TPSA) is 92.2 Å². The van der Waals surface area contributed by atoms with Crippen molar-refractivity contribution < 1.29 is 9.59 Å². The molecule has 2 fully saturated rings. The number of aromatic nitrogens is 3. The number of hydrogen-bond acceptors (Lipinski definition) is 5. The number of hydrogen-bond donors (Lipinski definition) is 2. The average molecular weight is 292 g/mol. The Morgan fingerprint density at radius 1 is 1.57 bits per heavy atom. The molecule has 0 aromatic carbocycles. The van der Waals surface area contributed by atoms with Crippen LogP contribution in [0.3, 0.4) is 0 Å². The molecule has 2 aliphatic rings. The van der Waals surface area contributed by atoms with Crippen LogP contribution >= 0.6 is 0 Å². The first-order valence-corrected chi connectivity index (χ1v) is 7.34. The molecule has 1 atom stereocenters. The second kappa shape index (κ2) is 5.80. The van der Waals surface area contributed by atoms with Crippen molar-refractivity contribution in [2.75, 3.05) is 26.2 Å². The van der Waals surface area contributed by atoms with Gasteiger partial charge in [0.25, 0.3) is 5.91 Å². The van der Waals surface area contributed by atoms with Gasteiger partial charge in [0.05, 0.1) is 12.2 Å². The Kier molecular flexibility index (Phi) is 3.87. The van der Waals surface area contributed by atoms with Crippen molar-refractivity contribution in [1.29, 1.82) is 0 Å². The maximum atomic E-state index is 12.1. The molecular formula is C13H20N6O2. The van der Waals surface area contributed by atoms with Gasteiger partial charge in [-0.05, 0) is 13.3 Å². The van der Waals surface area contributed by atoms with Crippen molar-refractivity contribution in [1.82, 2.24) is 30.5 Å². The fourth-order valence-electron chi connectivity index (χ4n) is 2.59. The van der Waals surface area contributed by atoms with Gasteiger partial charge in [0.1, 0.15) is 0 Å². The van der Waals surface area contributed by atoms with Crippen LogP contribution in [0.5, 0.6) is 0 Å². The minimum atomic E-state index is -0.243. The number of carbonyl (C=O) groups excluding carboxylic acids is 2. The third-order valence-corrected chi connectivity index (χ3v) is 3.92. The lowest BCUT2D eigenvalue weighted by Gasteiger charge is -2.26. The summed E-state index contributed by atoms with van der Waals surface area (Å²) in [4.78, 5) is 25.5. The lowest BCUT2D eigenvalue weighted by atomic mass is 10.2. The molecule has 0 spiro atoms. The zero-order valence-corrected chi connectivity index (χ0v) is 12.1. The molecule has 2 saturated heterocycles. The fraction of sp³-hybridized carbons (Fsp3) is 0.692. The van der Waals surface area contributed by atoms with E-state index in [1.54, 1.807) is 15.8 Å². The molecule has 114 valence electrons. The lowest BCUT2D eigenvalue weighted by molar-refractivity contribution is -0.127. The minimum absolute atomic E-state index is 0.102. The van der Waals surface area contributed by atoms with Gasteiger partial charge in [-0.1, -0.05) is 5.21 Å². The maximum Gasteiger partial charge on any atom is 0.273 e. The number of amides is 2. The molecule has 3 heterocycles. The minimum Gasteiger partial charge on any atom is -0.346 e. The first-order valence-electron chi connectivity index (χ1n) is 7.34. The van der Waals surface area contributed by atoms with Gasteiger partial charge < -0.3 is 15.5 Å². The van der Waals surface area contributed by atoms with Crippen LogP contribution in [0.2, 0.25) is 0 Å². The van der Waals surface area contributed by atoms with Gasteiger partial charge >= 0.3 is 0 Å². The average Bonchev–Trinajstić information content (AvgIpc) is 2.98. The summed E-state index contributed by atoms with van der Waals surface area (Å²) < 4.78 is 1.72. The summed E-state index contributed by atoms with van der Waals surface area (Å²) in [5, 5.41) is 13.9. The van der Waals surface area contributed by atoms with Gasteiger partial charge in [0.15, 0.2) is 5.69 Å². The molecule has 1 aromatic heterocycles. The van der Waals surface area contributed by atoms with Crippen LogP contribution in [0, 0.1) is 0 Å². The first-order chi connectivity index (χ1) is 10.1. The molecule has 21 heavy (non-hydrogen) atoms. The summed E-state index contributed by atoms with van der Waals surface area (Å²) in [6.45, 7) is 4.94. The highest BCUT2D eigenvalue weighted by Gasteiger charge is 2.24. The standard InChI is InChI=1S/C13H20N6O2/c1-9(7-18-4-2-3-12(18)20)15-13(21)11-8-19(17-16-11)10-5-14-6-10/h8-10,14H,2-7H2,1H3,(H,15,21). The summed E-state index contributed by atoms with van der Waals surface area (Å²) >= 11 is 0. The molecule has 3 rings (SSSR count). The Bertz CT molecular complexity index is 539. The molecule has 0 aliphatic carbocycles. The van der Waals surface area contributed by atoms with Crippen LogP contribution in [0.4, 0.5) is 0 Å². The van der Waals surface area contributed by atoms with Gasteiger partial charge in [-0.25, -0.2) is 4.68 Å². The van der Waals surface area contributed by atoms with Crippen molar-refractivity contribution in [3.8, 4) is 0 Å². The highest BCUT2D eigenvalue weighted by Crippen LogP contribution is 2.11. The summed E-state index contributed by atoms with van der Waals surface area (Å²) in [6, 6.07) is 0.189. The monoisotopic (exact) mass is 292 g/mol. The fourth-order valence-corrected chi connectivity index (χ4v) is 2.59. The van der Waals surface area contributed by atoms with E-state index < -0.39 is 0 Å². The third-order valence-electron chi connectivity index (χ3n) is 3.92. The lowest BCUT2D eigenvalue weighted by Crippen LogP contribution is -2.43. The molecule has 2 amide bonds. The molecule has 2 aliphatic heterocycles. The van der Waals surface area contributed by atoms with Crippen LogP contribution in [-0.2, 0) is 4.79 Å². The molecule has 8 heteroatoms. The predicted octanol–water partition coefficient (Wildman–Crippen LogP) is -0.837. The molecule has 0 saturated carbocycles. The number of nitrogens with zero attached hydrogens (tertiary/aromatic N) is 4. The van der Waals surface area contributed by atoms with Gasteiger partial charge in [-0.15, -0.1) is 5.10 Å². The molecule has 1 aromatic rings. The van der Waals surface area contributed by atoms with E-state index in [4.69, 9.17) is 0 Å². The molecule has 0 bridgehead atoms. The van der Waals surface area contributed by atoms with Crippen LogP contribution < -0.4 is 10.6 Å². The van der Waals surface area contributed by atoms with Gasteiger partial charge in [-0.2, -0.15) is 0 Å². The SMILES string of the molecule is CC(CN1CCCC1=O)NC(=O)c1cn(C2CNC2)nn1. The van der Waals surface area contributed by atoms with Gasteiger partial charge in [0, 0.05) is 38.6 Å². The Morgan fingerprint density at radius 3 is 3.00 bits per heavy atom. The zero-order valence-electron chi connectivity index (χ0n) is 12.1. The van der Waals surface area contributed by atoms with Crippen LogP contribution in [0.1, 0.15) is 36.3 Å². The van der Waals surface area contributed by atoms with E-state index in [2.05, 4.69) is 20.9 Å². The van der Waals surface area contributed by atoms with Gasteiger partial charge in [0.2, 0.25) is 5.91 Å². The van der Waals surface area contributed by atoms with E-state index in [1.165, 1.54) is 0 Å². The summed E-state index contributed by atoms with van der Waals surface area (Å²) in [7, 11) is 0. The summed E-state index contributed by atoms with van der Waals surface area (Å²) in [5.74, 6) is -0.0767. The van der Waals surface area contributed by atoms with Crippen molar-refractivity contribution in [3.63, 3.8) is 0 Å². The summed E-state index contributed by atoms with van der Waals surface area (Å²) in [5.41, 5.74) is 0.321. The van der Waals surface area contributed by atoms with E-state index >= 15 is 0 Å². The second-order valence-electron chi connectivity index (χ2n) is 5.71. The van der Waals surface area contributed by atoms with E-state index in [-0.39, 0.29) is 17.9 Å². The van der Waals surface area contributed by atoms with Crippen LogP contribution in [0.15, 0.2) is 6.20 Å². The first kappa shape index (κ1) is 14.0. The normalized spacial score (nSPS) is 20.4. The Balaban J connectivity index is 1.52. The third kappa shape index (κ3) is 3.05. The van der Waals surface area contributed by atoms with Crippen molar-refractivity contribution in [2.24, 2.45) is 0 Å². The predicted molar refractivity (Wildman–Crippen MR) is 74.7 cm³/mol. The molecule has 8 nitrogen and oxygen atoms in total. The van der Waals surface area contributed by atoms with E-state index in [0.717, 1.165) is 26.1 Å². The second-order valence-corrected chi connectivity index (χ2v) is 5.71. The number of rotatable bonds is 5. The Hall–Kier alpha value is -1.96. The number of carbonyl (C=O) groups is 2. The Labute approximate surface area is 122 Å². The highest BCUT2D eigenvalue weighted by atomic mass is 16.2. The number of nitrogens with one attached hydrogen (secondary N) is 2. The zero-order chi connectivity index (χ0) is 14.8. The van der Waals surface area contributed by atoms with Crippen LogP contribution in [0.25, 0.3) is 0 Å². The van der Waals surface area contributed by atoms with Gasteiger partial charge in [-0.3, -0.25) is 9.59 Å². The molecule has 1 unspecified atom stereocenters. The van der Waals surface area contributed by atoms with E-state index in [0.29, 0.717) is 24.7 Å². The van der Waals surface area contributed by atoms with E-state index in [9.17, 15) is 9.59 Å². The molecule has 0 radical (unpaired) electrons. The van der Waals surface area contributed by atoms with Crippen molar-refractivity contribution >= 4 is 11.8 Å². The number of likely N-dealkylation sites (tertiary alicyclic amines) is 1. The Morgan fingerprint density at radius 2 is 2.38 bits per heavy atom. The van der Waals surface area contributed by atoms with E-state index in [1.807, 2.05) is 6.92 Å². The largest absolute Gasteiger partial charge is 0.346 e. The van der Waals surface area contributed by atoms with Crippen LogP contribution in [-0.4, -0.2) is 63.9 Å². The van der Waals surface area contributed by atoms with Crippen molar-refractivity contribution in [3.05, 3.63) is 11.9 Å².